The van der Waals surface area contributed by atoms with Crippen molar-refractivity contribution in [1.29, 1.82) is 0 Å². The highest BCUT2D eigenvalue weighted by atomic mass is 32.2. The highest BCUT2D eigenvalue weighted by Gasteiger charge is 2.61. The Morgan fingerprint density at radius 2 is 1.87 bits per heavy atom. The van der Waals surface area contributed by atoms with Crippen molar-refractivity contribution in [2.75, 3.05) is 24.7 Å². The minimum Gasteiger partial charge on any atom is -0.381 e. The molecule has 86 valence electrons. The lowest BCUT2D eigenvalue weighted by molar-refractivity contribution is 0.140. The molecule has 0 unspecified atom stereocenters. The number of rotatable bonds is 0. The summed E-state index contributed by atoms with van der Waals surface area (Å²) in [6, 6.07) is 0. The molecule has 15 heavy (non-hydrogen) atoms. The molecule has 3 fully saturated rings. The van der Waals surface area contributed by atoms with Gasteiger partial charge < -0.3 is 4.74 Å². The molecule has 0 amide bonds. The van der Waals surface area contributed by atoms with Crippen LogP contribution < -0.4 is 0 Å². The van der Waals surface area contributed by atoms with E-state index in [1.54, 1.807) is 0 Å². The zero-order chi connectivity index (χ0) is 10.5. The normalized spacial score (nSPS) is 42.0. The predicted molar refractivity (Wildman–Crippen MR) is 68.5 cm³/mol. The van der Waals surface area contributed by atoms with E-state index in [-0.39, 0.29) is 0 Å². The molecular formula is C12H20OS2. The Hall–Kier alpha value is 0.660. The average Bonchev–Trinajstić information content (AvgIpc) is 2.73. The van der Waals surface area contributed by atoms with E-state index in [0.29, 0.717) is 9.49 Å². The number of fused-ring (bicyclic) bond motifs is 1. The summed E-state index contributed by atoms with van der Waals surface area (Å²) in [6.07, 6.45) is 2.79. The molecule has 0 N–H and O–H groups in total. The Labute approximate surface area is 101 Å². The standard InChI is InChI=1S/C12H20OS2/c1-11(2)10-8-13-7-9(10)6-12(11)14-4-3-5-15-12/h9-10H,3-8H2,1-2H3/t9-,10+/m0/s1. The van der Waals surface area contributed by atoms with Crippen LogP contribution in [0.3, 0.4) is 0 Å². The minimum atomic E-state index is 0.462. The van der Waals surface area contributed by atoms with E-state index in [0.717, 1.165) is 25.0 Å². The summed E-state index contributed by atoms with van der Waals surface area (Å²) >= 11 is 4.49. The summed E-state index contributed by atoms with van der Waals surface area (Å²) in [5.74, 6) is 4.40. The van der Waals surface area contributed by atoms with Gasteiger partial charge in [0.2, 0.25) is 0 Å². The van der Waals surface area contributed by atoms with Crippen LogP contribution in [0, 0.1) is 17.3 Å². The smallest absolute Gasteiger partial charge is 0.0668 e. The summed E-state index contributed by atoms with van der Waals surface area (Å²) in [6.45, 7) is 7.01. The van der Waals surface area contributed by atoms with Crippen molar-refractivity contribution in [3.05, 3.63) is 0 Å². The van der Waals surface area contributed by atoms with Gasteiger partial charge >= 0.3 is 0 Å². The van der Waals surface area contributed by atoms with E-state index < -0.39 is 0 Å². The largest absolute Gasteiger partial charge is 0.381 e. The second-order valence-corrected chi connectivity index (χ2v) is 8.68. The van der Waals surface area contributed by atoms with Gasteiger partial charge in [0.05, 0.1) is 10.7 Å². The molecule has 1 spiro atoms. The van der Waals surface area contributed by atoms with E-state index in [9.17, 15) is 0 Å². The second-order valence-electron chi connectivity index (χ2n) is 5.63. The number of hydrogen-bond acceptors (Lipinski definition) is 3. The van der Waals surface area contributed by atoms with Gasteiger partial charge in [-0.15, -0.1) is 23.5 Å². The Balaban J connectivity index is 1.90. The van der Waals surface area contributed by atoms with E-state index in [2.05, 4.69) is 37.4 Å². The van der Waals surface area contributed by atoms with Crippen LogP contribution in [0.4, 0.5) is 0 Å². The third-order valence-electron chi connectivity index (χ3n) is 4.60. The summed E-state index contributed by atoms with van der Waals surface area (Å²) in [4.78, 5) is 0. The maximum Gasteiger partial charge on any atom is 0.0668 e. The maximum atomic E-state index is 5.66. The molecule has 1 aliphatic carbocycles. The number of thioether (sulfide) groups is 2. The fraction of sp³-hybridized carbons (Fsp3) is 1.00. The maximum absolute atomic E-state index is 5.66. The lowest BCUT2D eigenvalue weighted by Gasteiger charge is -2.45. The van der Waals surface area contributed by atoms with Crippen molar-refractivity contribution < 1.29 is 4.74 Å². The summed E-state index contributed by atoms with van der Waals surface area (Å²) < 4.78 is 6.18. The molecule has 3 rings (SSSR count). The van der Waals surface area contributed by atoms with Gasteiger partial charge in [-0.25, -0.2) is 0 Å². The summed E-state index contributed by atoms with van der Waals surface area (Å²) in [7, 11) is 0. The number of ether oxygens (including phenoxy) is 1. The van der Waals surface area contributed by atoms with Crippen LogP contribution in [0.2, 0.25) is 0 Å². The monoisotopic (exact) mass is 244 g/mol. The first kappa shape index (κ1) is 10.8. The van der Waals surface area contributed by atoms with E-state index in [1.165, 1.54) is 24.3 Å². The molecule has 0 aromatic rings. The van der Waals surface area contributed by atoms with Crippen molar-refractivity contribution in [2.45, 2.75) is 30.8 Å². The van der Waals surface area contributed by atoms with Crippen LogP contribution in [0.5, 0.6) is 0 Å². The van der Waals surface area contributed by atoms with Crippen LogP contribution in [0.1, 0.15) is 26.7 Å². The SMILES string of the molecule is CC1(C)[C@@H]2COC[C@@H]2CC12SCCCS2. The predicted octanol–water partition coefficient (Wildman–Crippen LogP) is 3.25. The van der Waals surface area contributed by atoms with E-state index in [1.807, 2.05) is 0 Å². The van der Waals surface area contributed by atoms with Crippen LogP contribution in [-0.2, 0) is 4.74 Å². The first-order valence-electron chi connectivity index (χ1n) is 6.01. The first-order chi connectivity index (χ1) is 7.16. The third-order valence-corrected chi connectivity index (χ3v) is 8.61. The Morgan fingerprint density at radius 1 is 1.13 bits per heavy atom. The summed E-state index contributed by atoms with van der Waals surface area (Å²) in [5, 5.41) is 0. The third kappa shape index (κ3) is 1.42. The van der Waals surface area contributed by atoms with Crippen LogP contribution >= 0.6 is 23.5 Å². The molecule has 0 radical (unpaired) electrons. The highest BCUT2D eigenvalue weighted by molar-refractivity contribution is 8.18. The zero-order valence-corrected chi connectivity index (χ0v) is 11.3. The molecule has 2 heterocycles. The highest BCUT2D eigenvalue weighted by Crippen LogP contribution is 2.67. The van der Waals surface area contributed by atoms with E-state index in [4.69, 9.17) is 4.74 Å². The van der Waals surface area contributed by atoms with Gasteiger partial charge in [-0.2, -0.15) is 0 Å². The molecule has 0 aromatic heterocycles. The Bertz CT molecular complexity index is 258. The minimum absolute atomic E-state index is 0.462. The van der Waals surface area contributed by atoms with Gasteiger partial charge in [0.1, 0.15) is 0 Å². The van der Waals surface area contributed by atoms with Gasteiger partial charge in [0.25, 0.3) is 0 Å². The zero-order valence-electron chi connectivity index (χ0n) is 9.62. The van der Waals surface area contributed by atoms with Gasteiger partial charge in [-0.1, -0.05) is 13.8 Å². The van der Waals surface area contributed by atoms with Crippen LogP contribution in [-0.4, -0.2) is 28.8 Å². The average molecular weight is 244 g/mol. The summed E-state index contributed by atoms with van der Waals surface area (Å²) in [5.41, 5.74) is 0.462. The number of hydrogen-bond donors (Lipinski definition) is 0. The van der Waals surface area contributed by atoms with Crippen LogP contribution in [0.25, 0.3) is 0 Å². The van der Waals surface area contributed by atoms with Gasteiger partial charge in [0.15, 0.2) is 0 Å². The van der Waals surface area contributed by atoms with Crippen molar-refractivity contribution in [3.8, 4) is 0 Å². The first-order valence-corrected chi connectivity index (χ1v) is 7.98. The van der Waals surface area contributed by atoms with Gasteiger partial charge in [-0.05, 0) is 41.6 Å². The fourth-order valence-electron chi connectivity index (χ4n) is 3.55. The van der Waals surface area contributed by atoms with E-state index >= 15 is 0 Å². The van der Waals surface area contributed by atoms with Crippen molar-refractivity contribution in [3.63, 3.8) is 0 Å². The van der Waals surface area contributed by atoms with Crippen molar-refractivity contribution in [1.82, 2.24) is 0 Å². The lowest BCUT2D eigenvalue weighted by atomic mass is 9.80. The van der Waals surface area contributed by atoms with Crippen LogP contribution in [0.15, 0.2) is 0 Å². The Kier molecular flexibility index (Phi) is 2.57. The lowest BCUT2D eigenvalue weighted by Crippen LogP contribution is -2.40. The molecule has 2 saturated heterocycles. The molecule has 3 aliphatic rings. The Morgan fingerprint density at radius 3 is 2.53 bits per heavy atom. The molecule has 1 saturated carbocycles. The quantitative estimate of drug-likeness (QED) is 0.647. The fourth-order valence-corrected chi connectivity index (χ4v) is 7.52. The van der Waals surface area contributed by atoms with Crippen molar-refractivity contribution in [2.24, 2.45) is 17.3 Å². The molecule has 1 nitrogen and oxygen atoms in total. The molecular weight excluding hydrogens is 224 g/mol. The molecule has 2 atom stereocenters. The molecule has 0 aromatic carbocycles. The van der Waals surface area contributed by atoms with Gasteiger partial charge in [0, 0.05) is 6.61 Å². The molecule has 0 bridgehead atoms. The molecule has 3 heteroatoms. The second kappa shape index (κ2) is 3.58. The van der Waals surface area contributed by atoms with Crippen molar-refractivity contribution >= 4 is 23.5 Å². The topological polar surface area (TPSA) is 9.23 Å². The molecule has 2 aliphatic heterocycles. The van der Waals surface area contributed by atoms with Gasteiger partial charge in [-0.3, -0.25) is 0 Å².